The maximum Gasteiger partial charge on any atom is 0.0860 e. The molecule has 17 heavy (non-hydrogen) atoms. The Morgan fingerprint density at radius 1 is 1.47 bits per heavy atom. The molecule has 1 aliphatic rings. The second-order valence-electron chi connectivity index (χ2n) is 4.64. The van der Waals surface area contributed by atoms with Gasteiger partial charge >= 0.3 is 0 Å². The number of likely N-dealkylation sites (tertiary alicyclic amines) is 1. The Kier molecular flexibility index (Phi) is 4.34. The molecule has 0 amide bonds. The molecule has 1 fully saturated rings. The summed E-state index contributed by atoms with van der Waals surface area (Å²) in [4.78, 5) is 2.37. The Labute approximate surface area is 113 Å². The lowest BCUT2D eigenvalue weighted by atomic mass is 10.1. The molecule has 5 heteroatoms. The molecule has 0 N–H and O–H groups in total. The Hall–Kier alpha value is -0.250. The number of hydrogen-bond acceptors (Lipinski definition) is 2. The average molecular weight is 276 g/mol. The zero-order valence-corrected chi connectivity index (χ0v) is 11.9. The van der Waals surface area contributed by atoms with Crippen LogP contribution in [0.4, 0.5) is 0 Å². The van der Waals surface area contributed by atoms with Gasteiger partial charge in [-0.25, -0.2) is 0 Å². The molecule has 1 aromatic heterocycles. The van der Waals surface area contributed by atoms with Gasteiger partial charge in [-0.15, -0.1) is 11.6 Å². The molecule has 1 atom stereocenters. The number of nitrogens with zero attached hydrogens (tertiary/aromatic N) is 3. The molecule has 96 valence electrons. The summed E-state index contributed by atoms with van der Waals surface area (Å²) in [5.41, 5.74) is 2.04. The first kappa shape index (κ1) is 13.2. The van der Waals surface area contributed by atoms with Crippen molar-refractivity contribution >= 4 is 23.2 Å². The van der Waals surface area contributed by atoms with Crippen molar-refractivity contribution in [3.63, 3.8) is 0 Å². The van der Waals surface area contributed by atoms with E-state index in [0.717, 1.165) is 49.0 Å². The number of alkyl halides is 1. The predicted octanol–water partition coefficient (Wildman–Crippen LogP) is 3.07. The van der Waals surface area contributed by atoms with Gasteiger partial charge < -0.3 is 0 Å². The molecule has 0 aromatic carbocycles. The van der Waals surface area contributed by atoms with Crippen molar-refractivity contribution in [3.05, 3.63) is 16.4 Å². The third-order valence-corrected chi connectivity index (χ3v) is 4.12. The zero-order chi connectivity index (χ0) is 12.4. The van der Waals surface area contributed by atoms with E-state index < -0.39 is 0 Å². The number of piperidine rings is 1. The van der Waals surface area contributed by atoms with Crippen LogP contribution >= 0.6 is 23.2 Å². The Morgan fingerprint density at radius 3 is 2.88 bits per heavy atom. The number of aryl methyl sites for hydroxylation is 2. The van der Waals surface area contributed by atoms with Crippen LogP contribution in [0, 0.1) is 6.92 Å². The molecule has 1 aromatic rings. The average Bonchev–Trinajstić information content (AvgIpc) is 2.57. The van der Waals surface area contributed by atoms with Crippen LogP contribution in [-0.2, 0) is 13.1 Å². The number of halogens is 2. The Balaban J connectivity index is 2.12. The maximum atomic E-state index is 6.31. The van der Waals surface area contributed by atoms with Crippen LogP contribution in [0.25, 0.3) is 0 Å². The number of aromatic nitrogens is 2. The van der Waals surface area contributed by atoms with Crippen LogP contribution in [0.1, 0.15) is 31.2 Å². The van der Waals surface area contributed by atoms with Crippen molar-refractivity contribution in [3.8, 4) is 0 Å². The quantitative estimate of drug-likeness (QED) is 0.791. The van der Waals surface area contributed by atoms with Crippen molar-refractivity contribution in [2.45, 2.75) is 45.2 Å². The lowest BCUT2D eigenvalue weighted by Gasteiger charge is -2.29. The van der Waals surface area contributed by atoms with E-state index in [1.54, 1.807) is 0 Å². The standard InChI is InChI=1S/C12H19Cl2N3/c1-3-17-11(12(14)9(2)15-17)8-16-6-4-5-10(13)7-16/h10H,3-8H2,1-2H3. The zero-order valence-electron chi connectivity index (χ0n) is 10.4. The first-order valence-corrected chi connectivity index (χ1v) is 7.01. The van der Waals surface area contributed by atoms with Gasteiger partial charge in [0.05, 0.1) is 16.4 Å². The largest absolute Gasteiger partial charge is 0.296 e. The lowest BCUT2D eigenvalue weighted by molar-refractivity contribution is 0.218. The highest BCUT2D eigenvalue weighted by Crippen LogP contribution is 2.24. The van der Waals surface area contributed by atoms with Gasteiger partial charge in [-0.1, -0.05) is 11.6 Å². The molecule has 0 saturated carbocycles. The third-order valence-electron chi connectivity index (χ3n) is 3.27. The first-order valence-electron chi connectivity index (χ1n) is 6.20. The van der Waals surface area contributed by atoms with Gasteiger partial charge in [0.1, 0.15) is 0 Å². The van der Waals surface area contributed by atoms with E-state index in [2.05, 4.69) is 16.9 Å². The topological polar surface area (TPSA) is 21.1 Å². The molecule has 0 aliphatic carbocycles. The molecule has 2 heterocycles. The summed E-state index contributed by atoms with van der Waals surface area (Å²) in [7, 11) is 0. The van der Waals surface area contributed by atoms with Crippen LogP contribution < -0.4 is 0 Å². The SMILES string of the molecule is CCn1nc(C)c(Cl)c1CN1CCCC(Cl)C1. The minimum absolute atomic E-state index is 0.279. The van der Waals surface area contributed by atoms with E-state index in [-0.39, 0.29) is 5.38 Å². The molecule has 2 rings (SSSR count). The fraction of sp³-hybridized carbons (Fsp3) is 0.750. The second kappa shape index (κ2) is 5.59. The molecule has 0 bridgehead atoms. The van der Waals surface area contributed by atoms with Crippen LogP contribution in [0.5, 0.6) is 0 Å². The molecule has 1 aliphatic heterocycles. The van der Waals surface area contributed by atoms with Crippen molar-refractivity contribution in [2.24, 2.45) is 0 Å². The highest BCUT2D eigenvalue weighted by molar-refractivity contribution is 6.31. The molecule has 3 nitrogen and oxygen atoms in total. The lowest BCUT2D eigenvalue weighted by Crippen LogP contribution is -2.36. The van der Waals surface area contributed by atoms with E-state index in [0.29, 0.717) is 0 Å². The molecule has 1 saturated heterocycles. The van der Waals surface area contributed by atoms with Gasteiger partial charge in [-0.05, 0) is 33.2 Å². The van der Waals surface area contributed by atoms with Gasteiger partial charge in [-0.3, -0.25) is 9.58 Å². The van der Waals surface area contributed by atoms with Crippen molar-refractivity contribution in [2.75, 3.05) is 13.1 Å². The maximum absolute atomic E-state index is 6.31. The van der Waals surface area contributed by atoms with E-state index in [1.807, 2.05) is 11.6 Å². The van der Waals surface area contributed by atoms with E-state index in [9.17, 15) is 0 Å². The molecule has 0 radical (unpaired) electrons. The summed E-state index contributed by atoms with van der Waals surface area (Å²) >= 11 is 12.5. The van der Waals surface area contributed by atoms with Gasteiger partial charge in [0.15, 0.2) is 0 Å². The molecule has 0 spiro atoms. The smallest absolute Gasteiger partial charge is 0.0860 e. The normalized spacial score (nSPS) is 22.0. The summed E-state index contributed by atoms with van der Waals surface area (Å²) in [5, 5.41) is 5.53. The summed E-state index contributed by atoms with van der Waals surface area (Å²) in [6.07, 6.45) is 2.29. The summed E-state index contributed by atoms with van der Waals surface area (Å²) in [6.45, 7) is 7.82. The number of hydrogen-bond donors (Lipinski definition) is 0. The van der Waals surface area contributed by atoms with Crippen LogP contribution in [0.2, 0.25) is 5.02 Å². The molecular weight excluding hydrogens is 257 g/mol. The van der Waals surface area contributed by atoms with Gasteiger partial charge in [0.25, 0.3) is 0 Å². The predicted molar refractivity (Wildman–Crippen MR) is 71.8 cm³/mol. The van der Waals surface area contributed by atoms with Gasteiger partial charge in [-0.2, -0.15) is 5.10 Å². The van der Waals surface area contributed by atoms with Gasteiger partial charge in [0.2, 0.25) is 0 Å². The van der Waals surface area contributed by atoms with Gasteiger partial charge in [0, 0.05) is 25.0 Å². The second-order valence-corrected chi connectivity index (χ2v) is 5.63. The highest BCUT2D eigenvalue weighted by Gasteiger charge is 2.21. The van der Waals surface area contributed by atoms with Crippen molar-refractivity contribution < 1.29 is 0 Å². The Morgan fingerprint density at radius 2 is 2.24 bits per heavy atom. The summed E-state index contributed by atoms with van der Waals surface area (Å²) in [6, 6.07) is 0. The number of rotatable bonds is 3. The minimum atomic E-state index is 0.279. The fourth-order valence-corrected chi connectivity index (χ4v) is 2.92. The van der Waals surface area contributed by atoms with Crippen molar-refractivity contribution in [1.82, 2.24) is 14.7 Å². The van der Waals surface area contributed by atoms with Crippen LogP contribution in [0.3, 0.4) is 0 Å². The minimum Gasteiger partial charge on any atom is -0.296 e. The summed E-state index contributed by atoms with van der Waals surface area (Å²) in [5.74, 6) is 0. The van der Waals surface area contributed by atoms with Crippen LogP contribution in [0.15, 0.2) is 0 Å². The third kappa shape index (κ3) is 2.95. The summed E-state index contributed by atoms with van der Waals surface area (Å²) < 4.78 is 2.00. The van der Waals surface area contributed by atoms with Crippen LogP contribution in [-0.4, -0.2) is 33.1 Å². The van der Waals surface area contributed by atoms with E-state index >= 15 is 0 Å². The van der Waals surface area contributed by atoms with Crippen molar-refractivity contribution in [1.29, 1.82) is 0 Å². The fourth-order valence-electron chi connectivity index (χ4n) is 2.37. The van der Waals surface area contributed by atoms with E-state index in [4.69, 9.17) is 23.2 Å². The molecular formula is C12H19Cl2N3. The highest BCUT2D eigenvalue weighted by atomic mass is 35.5. The monoisotopic (exact) mass is 275 g/mol. The van der Waals surface area contributed by atoms with E-state index in [1.165, 1.54) is 6.42 Å². The molecule has 1 unspecified atom stereocenters. The first-order chi connectivity index (χ1) is 8.11. The Bertz CT molecular complexity index is 389.